The summed E-state index contributed by atoms with van der Waals surface area (Å²) in [6.45, 7) is -1.09. The van der Waals surface area contributed by atoms with Crippen molar-refractivity contribution in [1.82, 2.24) is 15.2 Å². The number of rotatable bonds is 4. The Morgan fingerprint density at radius 3 is 2.52 bits per heavy atom. The zero-order chi connectivity index (χ0) is 18.2. The molecule has 1 unspecified atom stereocenters. The third-order valence-electron chi connectivity index (χ3n) is 4.76. The number of carboxylic acid groups (broad SMARTS) is 1. The van der Waals surface area contributed by atoms with Gasteiger partial charge in [-0.15, -0.1) is 0 Å². The fraction of sp³-hybridized carbons (Fsp3) is 0.562. The Morgan fingerprint density at radius 2 is 2.04 bits per heavy atom. The largest absolute Gasteiger partial charge is 0.481 e. The van der Waals surface area contributed by atoms with Crippen LogP contribution in [-0.2, 0) is 4.79 Å². The van der Waals surface area contributed by atoms with Gasteiger partial charge in [0.05, 0.1) is 17.9 Å². The molecule has 25 heavy (non-hydrogen) atoms. The van der Waals surface area contributed by atoms with Gasteiger partial charge >= 0.3 is 18.2 Å². The number of amides is 2. The number of likely N-dealkylation sites (tertiary alicyclic amines) is 1. The van der Waals surface area contributed by atoms with Gasteiger partial charge in [0, 0.05) is 25.5 Å². The van der Waals surface area contributed by atoms with Crippen molar-refractivity contribution in [2.75, 3.05) is 13.1 Å². The number of carboxylic acids is 1. The summed E-state index contributed by atoms with van der Waals surface area (Å²) >= 11 is 0. The van der Waals surface area contributed by atoms with Crippen molar-refractivity contribution in [2.24, 2.45) is 17.8 Å². The minimum Gasteiger partial charge on any atom is -0.481 e. The number of alkyl halides is 3. The first-order valence-electron chi connectivity index (χ1n) is 8.02. The Morgan fingerprint density at radius 1 is 1.32 bits per heavy atom. The first-order chi connectivity index (χ1) is 11.8. The second kappa shape index (κ2) is 6.53. The van der Waals surface area contributed by atoms with E-state index in [-0.39, 0.29) is 12.0 Å². The summed E-state index contributed by atoms with van der Waals surface area (Å²) < 4.78 is 39.1. The van der Waals surface area contributed by atoms with E-state index in [0.717, 1.165) is 23.3 Å². The zero-order valence-corrected chi connectivity index (χ0v) is 13.2. The first kappa shape index (κ1) is 17.5. The highest BCUT2D eigenvalue weighted by atomic mass is 19.4. The number of nitrogens with one attached hydrogen (secondary N) is 1. The minimum atomic E-state index is -4.66. The Balaban J connectivity index is 1.71. The number of aromatic nitrogens is 1. The van der Waals surface area contributed by atoms with Crippen LogP contribution in [0.2, 0.25) is 0 Å². The van der Waals surface area contributed by atoms with E-state index >= 15 is 0 Å². The summed E-state index contributed by atoms with van der Waals surface area (Å²) in [5, 5.41) is 11.8. The summed E-state index contributed by atoms with van der Waals surface area (Å²) in [5.41, 5.74) is 0.791. The van der Waals surface area contributed by atoms with Gasteiger partial charge < -0.3 is 15.3 Å². The average molecular weight is 357 g/mol. The molecule has 0 bridgehead atoms. The lowest BCUT2D eigenvalue weighted by atomic mass is 9.96. The molecule has 6 nitrogen and oxygen atoms in total. The number of hydrogen-bond donors (Lipinski definition) is 2. The molecule has 3 atom stereocenters. The monoisotopic (exact) mass is 357 g/mol. The molecule has 1 aromatic heterocycles. The lowest BCUT2D eigenvalue weighted by molar-refractivity contribution is -0.187. The van der Waals surface area contributed by atoms with Crippen molar-refractivity contribution in [2.45, 2.75) is 25.1 Å². The van der Waals surface area contributed by atoms with Gasteiger partial charge in [-0.05, 0) is 30.4 Å². The highest BCUT2D eigenvalue weighted by Crippen LogP contribution is 2.42. The molecule has 0 spiro atoms. The summed E-state index contributed by atoms with van der Waals surface area (Å²) in [5.74, 6) is -5.00. The van der Waals surface area contributed by atoms with Gasteiger partial charge in [-0.1, -0.05) is 6.07 Å². The van der Waals surface area contributed by atoms with E-state index in [1.807, 2.05) is 0 Å². The molecular weight excluding hydrogens is 339 g/mol. The van der Waals surface area contributed by atoms with Crippen LogP contribution in [0.1, 0.15) is 24.4 Å². The SMILES string of the molecule is O=C(O)[C@@H]1CN(C(=O)NC(c2cccnc2)C2CC2)C[C@H]1C(F)(F)F. The Labute approximate surface area is 142 Å². The van der Waals surface area contributed by atoms with E-state index in [2.05, 4.69) is 10.3 Å². The third-order valence-corrected chi connectivity index (χ3v) is 4.76. The van der Waals surface area contributed by atoms with Gasteiger partial charge in [-0.25, -0.2) is 4.79 Å². The van der Waals surface area contributed by atoms with Crippen molar-refractivity contribution in [3.05, 3.63) is 30.1 Å². The molecule has 2 aliphatic rings. The molecule has 3 rings (SSSR count). The summed E-state index contributed by atoms with van der Waals surface area (Å²) in [6, 6.07) is 2.54. The number of pyridine rings is 1. The summed E-state index contributed by atoms with van der Waals surface area (Å²) in [7, 11) is 0. The maximum atomic E-state index is 13.0. The first-order valence-corrected chi connectivity index (χ1v) is 8.02. The zero-order valence-electron chi connectivity index (χ0n) is 13.2. The number of hydrogen-bond acceptors (Lipinski definition) is 3. The fourth-order valence-electron chi connectivity index (χ4n) is 3.24. The number of nitrogens with zero attached hydrogens (tertiary/aromatic N) is 2. The van der Waals surface area contributed by atoms with Crippen molar-refractivity contribution < 1.29 is 27.9 Å². The van der Waals surface area contributed by atoms with Gasteiger partial charge in [0.25, 0.3) is 0 Å². The molecule has 1 saturated carbocycles. The van der Waals surface area contributed by atoms with Crippen molar-refractivity contribution in [3.8, 4) is 0 Å². The number of urea groups is 1. The summed E-state index contributed by atoms with van der Waals surface area (Å²) in [4.78, 5) is 28.5. The number of carbonyl (C=O) groups is 2. The molecule has 1 aromatic rings. The van der Waals surface area contributed by atoms with Crippen molar-refractivity contribution >= 4 is 12.0 Å². The van der Waals surface area contributed by atoms with Gasteiger partial charge in [0.1, 0.15) is 0 Å². The van der Waals surface area contributed by atoms with Crippen LogP contribution < -0.4 is 5.32 Å². The quantitative estimate of drug-likeness (QED) is 0.867. The predicted octanol–water partition coefficient (Wildman–Crippen LogP) is 2.44. The van der Waals surface area contributed by atoms with Crippen molar-refractivity contribution in [1.29, 1.82) is 0 Å². The van der Waals surface area contributed by atoms with Crippen LogP contribution in [0.5, 0.6) is 0 Å². The van der Waals surface area contributed by atoms with E-state index in [9.17, 15) is 22.8 Å². The van der Waals surface area contributed by atoms with Gasteiger partial charge in [-0.3, -0.25) is 9.78 Å². The lowest BCUT2D eigenvalue weighted by Crippen LogP contribution is -2.42. The minimum absolute atomic E-state index is 0.226. The van der Waals surface area contributed by atoms with Crippen molar-refractivity contribution in [3.63, 3.8) is 0 Å². The molecule has 136 valence electrons. The van der Waals surface area contributed by atoms with E-state index in [4.69, 9.17) is 5.11 Å². The third kappa shape index (κ3) is 3.85. The normalized spacial score (nSPS) is 24.8. The molecule has 1 aliphatic heterocycles. The summed E-state index contributed by atoms with van der Waals surface area (Å²) in [6.07, 6.45) is 0.399. The standard InChI is InChI=1S/C16H18F3N3O3/c17-16(18,19)12-8-22(7-11(12)14(23)24)15(25)21-13(9-3-4-9)10-2-1-5-20-6-10/h1-2,5-6,9,11-13H,3-4,7-8H2,(H,21,25)(H,23,24)/t11-,12-,13?/m1/s1. The fourth-order valence-corrected chi connectivity index (χ4v) is 3.24. The van der Waals surface area contributed by atoms with Crippen LogP contribution in [0.4, 0.5) is 18.0 Å². The van der Waals surface area contributed by atoms with E-state index < -0.39 is 43.1 Å². The van der Waals surface area contributed by atoms with Crippen LogP contribution >= 0.6 is 0 Å². The Bertz CT molecular complexity index is 649. The molecule has 2 heterocycles. The highest BCUT2D eigenvalue weighted by Gasteiger charge is 2.53. The lowest BCUT2D eigenvalue weighted by Gasteiger charge is -2.23. The number of aliphatic carboxylic acids is 1. The molecule has 2 N–H and O–H groups in total. The number of halogens is 3. The molecule has 0 aromatic carbocycles. The van der Waals surface area contributed by atoms with Crippen LogP contribution in [0.15, 0.2) is 24.5 Å². The Hall–Kier alpha value is -2.32. The highest BCUT2D eigenvalue weighted by molar-refractivity contribution is 5.78. The van der Waals surface area contributed by atoms with E-state index in [1.165, 1.54) is 0 Å². The van der Waals surface area contributed by atoms with Crippen LogP contribution in [0.25, 0.3) is 0 Å². The van der Waals surface area contributed by atoms with Crippen LogP contribution in [0, 0.1) is 17.8 Å². The molecule has 0 radical (unpaired) electrons. The smallest absolute Gasteiger partial charge is 0.394 e. The molecule has 1 saturated heterocycles. The average Bonchev–Trinajstić information content (AvgIpc) is 3.28. The van der Waals surface area contributed by atoms with Crippen LogP contribution in [0.3, 0.4) is 0 Å². The maximum Gasteiger partial charge on any atom is 0.394 e. The van der Waals surface area contributed by atoms with E-state index in [1.54, 1.807) is 24.5 Å². The van der Waals surface area contributed by atoms with Crippen LogP contribution in [-0.4, -0.2) is 46.3 Å². The predicted molar refractivity (Wildman–Crippen MR) is 80.5 cm³/mol. The van der Waals surface area contributed by atoms with Gasteiger partial charge in [0.15, 0.2) is 0 Å². The molecular formula is C16H18F3N3O3. The van der Waals surface area contributed by atoms with Gasteiger partial charge in [-0.2, -0.15) is 13.2 Å². The molecule has 2 fully saturated rings. The number of carbonyl (C=O) groups excluding carboxylic acids is 1. The topological polar surface area (TPSA) is 82.5 Å². The second-order valence-electron chi connectivity index (χ2n) is 6.55. The maximum absolute atomic E-state index is 13.0. The Kier molecular flexibility index (Phi) is 4.57. The van der Waals surface area contributed by atoms with Gasteiger partial charge in [0.2, 0.25) is 0 Å². The molecule has 2 amide bonds. The van der Waals surface area contributed by atoms with E-state index in [0.29, 0.717) is 0 Å². The molecule has 9 heteroatoms. The second-order valence-corrected chi connectivity index (χ2v) is 6.55. The molecule has 1 aliphatic carbocycles.